The molecule has 7 heteroatoms. The minimum absolute atomic E-state index is 0.129. The molecule has 21 heavy (non-hydrogen) atoms. The molecular formula is C14H20BrN5O. The Morgan fingerprint density at radius 3 is 2.71 bits per heavy atom. The Bertz CT molecular complexity index is 689. The first-order valence-corrected chi connectivity index (χ1v) is 7.76. The SMILES string of the molecule is CCc1nn(C)cc1Nc1cnn(CC(C)C)c(=O)c1Br. The predicted octanol–water partition coefficient (Wildman–Crippen LogP) is 2.70. The van der Waals surface area contributed by atoms with Gasteiger partial charge in [0.15, 0.2) is 0 Å². The summed E-state index contributed by atoms with van der Waals surface area (Å²) in [6.07, 6.45) is 4.38. The lowest BCUT2D eigenvalue weighted by Crippen LogP contribution is -2.26. The number of hydrogen-bond acceptors (Lipinski definition) is 4. The van der Waals surface area contributed by atoms with Crippen molar-refractivity contribution in [1.82, 2.24) is 19.6 Å². The van der Waals surface area contributed by atoms with E-state index in [2.05, 4.69) is 45.3 Å². The lowest BCUT2D eigenvalue weighted by atomic mass is 10.2. The number of aryl methyl sites for hydroxylation is 2. The summed E-state index contributed by atoms with van der Waals surface area (Å²) in [5, 5.41) is 11.8. The van der Waals surface area contributed by atoms with Crippen molar-refractivity contribution >= 4 is 27.3 Å². The van der Waals surface area contributed by atoms with Gasteiger partial charge >= 0.3 is 0 Å². The van der Waals surface area contributed by atoms with Crippen LogP contribution in [0.4, 0.5) is 11.4 Å². The van der Waals surface area contributed by atoms with Gasteiger partial charge in [-0.05, 0) is 28.3 Å². The average Bonchev–Trinajstić information content (AvgIpc) is 2.78. The molecule has 0 saturated heterocycles. The number of halogens is 1. The zero-order valence-corrected chi connectivity index (χ0v) is 14.3. The molecule has 0 aliphatic carbocycles. The second kappa shape index (κ2) is 6.43. The fraction of sp³-hybridized carbons (Fsp3) is 0.500. The summed E-state index contributed by atoms with van der Waals surface area (Å²) < 4.78 is 3.72. The third-order valence-corrected chi connectivity index (χ3v) is 3.80. The van der Waals surface area contributed by atoms with E-state index >= 15 is 0 Å². The molecule has 0 bridgehead atoms. The van der Waals surface area contributed by atoms with Gasteiger partial charge in [0.05, 0.1) is 23.3 Å². The topological polar surface area (TPSA) is 64.7 Å². The molecule has 0 spiro atoms. The Morgan fingerprint density at radius 2 is 2.10 bits per heavy atom. The van der Waals surface area contributed by atoms with Crippen LogP contribution < -0.4 is 10.9 Å². The average molecular weight is 354 g/mol. The van der Waals surface area contributed by atoms with Crippen molar-refractivity contribution in [3.05, 3.63) is 32.9 Å². The Balaban J connectivity index is 2.33. The smallest absolute Gasteiger partial charge is 0.283 e. The maximum absolute atomic E-state index is 12.3. The molecule has 1 N–H and O–H groups in total. The van der Waals surface area contributed by atoms with Crippen molar-refractivity contribution in [1.29, 1.82) is 0 Å². The van der Waals surface area contributed by atoms with E-state index in [0.29, 0.717) is 22.6 Å². The van der Waals surface area contributed by atoms with E-state index < -0.39 is 0 Å². The molecule has 0 unspecified atom stereocenters. The largest absolute Gasteiger partial charge is 0.350 e. The molecule has 0 aliphatic rings. The van der Waals surface area contributed by atoms with Crippen LogP contribution in [0, 0.1) is 5.92 Å². The van der Waals surface area contributed by atoms with Gasteiger partial charge in [0.2, 0.25) is 0 Å². The third-order valence-electron chi connectivity index (χ3n) is 3.03. The summed E-state index contributed by atoms with van der Waals surface area (Å²) in [6.45, 7) is 6.75. The van der Waals surface area contributed by atoms with Gasteiger partial charge < -0.3 is 5.32 Å². The fourth-order valence-corrected chi connectivity index (χ4v) is 2.48. The van der Waals surface area contributed by atoms with Crippen molar-refractivity contribution in [2.24, 2.45) is 13.0 Å². The molecule has 0 radical (unpaired) electrons. The number of aromatic nitrogens is 4. The van der Waals surface area contributed by atoms with Crippen molar-refractivity contribution in [3.8, 4) is 0 Å². The quantitative estimate of drug-likeness (QED) is 0.897. The zero-order chi connectivity index (χ0) is 15.6. The first-order valence-electron chi connectivity index (χ1n) is 6.97. The highest BCUT2D eigenvalue weighted by Crippen LogP contribution is 2.24. The van der Waals surface area contributed by atoms with Crippen molar-refractivity contribution < 1.29 is 0 Å². The highest BCUT2D eigenvalue weighted by Gasteiger charge is 2.12. The molecule has 6 nitrogen and oxygen atoms in total. The standard InChI is InChI=1S/C14H20BrN5O/c1-5-10-12(8-19(4)18-10)17-11-6-16-20(7-9(2)3)14(21)13(11)15/h6,8-9,17H,5,7H2,1-4H3. The van der Waals surface area contributed by atoms with Crippen LogP contribution in [-0.4, -0.2) is 19.6 Å². The van der Waals surface area contributed by atoms with Crippen LogP contribution in [0.25, 0.3) is 0 Å². The predicted molar refractivity (Wildman–Crippen MR) is 86.9 cm³/mol. The summed E-state index contributed by atoms with van der Waals surface area (Å²) in [6, 6.07) is 0. The highest BCUT2D eigenvalue weighted by molar-refractivity contribution is 9.10. The van der Waals surface area contributed by atoms with Gasteiger partial charge in [-0.3, -0.25) is 9.48 Å². The molecule has 0 aromatic carbocycles. The Kier molecular flexibility index (Phi) is 4.82. The minimum atomic E-state index is -0.129. The first kappa shape index (κ1) is 15.8. The molecule has 0 amide bonds. The van der Waals surface area contributed by atoms with Crippen LogP contribution in [0.5, 0.6) is 0 Å². The van der Waals surface area contributed by atoms with Crippen LogP contribution >= 0.6 is 15.9 Å². The summed E-state index contributed by atoms with van der Waals surface area (Å²) in [5.74, 6) is 0.367. The van der Waals surface area contributed by atoms with Crippen LogP contribution in [-0.2, 0) is 20.0 Å². The number of rotatable bonds is 5. The van der Waals surface area contributed by atoms with E-state index in [1.165, 1.54) is 4.68 Å². The lowest BCUT2D eigenvalue weighted by Gasteiger charge is -2.11. The molecule has 0 aliphatic heterocycles. The zero-order valence-electron chi connectivity index (χ0n) is 12.7. The third kappa shape index (κ3) is 3.53. The van der Waals surface area contributed by atoms with Gasteiger partial charge in [-0.25, -0.2) is 4.68 Å². The normalized spacial score (nSPS) is 11.1. The summed E-state index contributed by atoms with van der Waals surface area (Å²) in [5.41, 5.74) is 2.37. The highest BCUT2D eigenvalue weighted by atomic mass is 79.9. The lowest BCUT2D eigenvalue weighted by molar-refractivity contribution is 0.463. The maximum atomic E-state index is 12.3. The van der Waals surface area contributed by atoms with E-state index in [1.54, 1.807) is 10.9 Å². The van der Waals surface area contributed by atoms with Crippen LogP contribution in [0.3, 0.4) is 0 Å². The molecule has 2 heterocycles. The summed E-state index contributed by atoms with van der Waals surface area (Å²) >= 11 is 3.37. The fourth-order valence-electron chi connectivity index (χ4n) is 2.07. The van der Waals surface area contributed by atoms with E-state index in [0.717, 1.165) is 17.8 Å². The molecule has 2 aromatic heterocycles. The van der Waals surface area contributed by atoms with Crippen molar-refractivity contribution in [2.75, 3.05) is 5.32 Å². The number of nitrogens with zero attached hydrogens (tertiary/aromatic N) is 4. The Hall–Kier alpha value is -1.63. The maximum Gasteiger partial charge on any atom is 0.283 e. The van der Waals surface area contributed by atoms with Crippen molar-refractivity contribution in [3.63, 3.8) is 0 Å². The molecule has 0 fully saturated rings. The Labute approximate surface area is 132 Å². The molecule has 0 saturated carbocycles. The second-order valence-electron chi connectivity index (χ2n) is 5.40. The van der Waals surface area contributed by atoms with Crippen LogP contribution in [0.15, 0.2) is 21.7 Å². The van der Waals surface area contributed by atoms with Gasteiger partial charge in [0, 0.05) is 19.8 Å². The summed E-state index contributed by atoms with van der Waals surface area (Å²) in [7, 11) is 1.87. The van der Waals surface area contributed by atoms with Gasteiger partial charge in [0.25, 0.3) is 5.56 Å². The van der Waals surface area contributed by atoms with E-state index in [4.69, 9.17) is 0 Å². The van der Waals surface area contributed by atoms with Gasteiger partial charge in [-0.2, -0.15) is 10.2 Å². The molecular weight excluding hydrogens is 334 g/mol. The minimum Gasteiger partial charge on any atom is -0.350 e. The first-order chi connectivity index (χ1) is 9.92. The number of hydrogen-bond donors (Lipinski definition) is 1. The Morgan fingerprint density at radius 1 is 1.38 bits per heavy atom. The monoisotopic (exact) mass is 353 g/mol. The molecule has 0 atom stereocenters. The number of nitrogens with one attached hydrogen (secondary N) is 1. The van der Waals surface area contributed by atoms with Crippen molar-refractivity contribution in [2.45, 2.75) is 33.7 Å². The number of anilines is 2. The van der Waals surface area contributed by atoms with E-state index in [9.17, 15) is 4.79 Å². The van der Waals surface area contributed by atoms with E-state index in [1.807, 2.05) is 20.2 Å². The van der Waals surface area contributed by atoms with E-state index in [-0.39, 0.29) is 5.56 Å². The second-order valence-corrected chi connectivity index (χ2v) is 6.19. The van der Waals surface area contributed by atoms with Crippen LogP contribution in [0.1, 0.15) is 26.5 Å². The van der Waals surface area contributed by atoms with Crippen LogP contribution in [0.2, 0.25) is 0 Å². The van der Waals surface area contributed by atoms with Gasteiger partial charge in [-0.15, -0.1) is 0 Å². The molecule has 2 rings (SSSR count). The summed E-state index contributed by atoms with van der Waals surface area (Å²) in [4.78, 5) is 12.3. The van der Waals surface area contributed by atoms with Gasteiger partial charge in [0.1, 0.15) is 4.47 Å². The molecule has 114 valence electrons. The molecule has 2 aromatic rings. The van der Waals surface area contributed by atoms with Gasteiger partial charge in [-0.1, -0.05) is 20.8 Å².